The highest BCUT2D eigenvalue weighted by atomic mass is 16.5. The van der Waals surface area contributed by atoms with E-state index in [0.717, 1.165) is 19.5 Å². The molecule has 0 saturated carbocycles. The van der Waals surface area contributed by atoms with Gasteiger partial charge in [0.2, 0.25) is 0 Å². The standard InChI is InChI=1S/C13H22N2O3/c1-4-14(5-2)15-8-7-11(9-12(15)10-16)13(17)18-6-3/h11H,4-9H2,1-3H3. The maximum absolute atomic E-state index is 11.7. The van der Waals surface area contributed by atoms with Crippen molar-refractivity contribution in [1.29, 1.82) is 0 Å². The number of carbonyl (C=O) groups is 1. The van der Waals surface area contributed by atoms with Gasteiger partial charge in [-0.05, 0) is 13.3 Å². The van der Waals surface area contributed by atoms with Crippen LogP contribution in [-0.4, -0.2) is 48.2 Å². The molecule has 0 aromatic rings. The van der Waals surface area contributed by atoms with E-state index in [-0.39, 0.29) is 11.9 Å². The van der Waals surface area contributed by atoms with Crippen LogP contribution < -0.4 is 0 Å². The smallest absolute Gasteiger partial charge is 0.309 e. The Morgan fingerprint density at radius 3 is 2.61 bits per heavy atom. The van der Waals surface area contributed by atoms with E-state index in [1.807, 2.05) is 24.8 Å². The highest BCUT2D eigenvalue weighted by Crippen LogP contribution is 2.26. The van der Waals surface area contributed by atoms with Crippen LogP contribution in [-0.2, 0) is 14.3 Å². The van der Waals surface area contributed by atoms with E-state index in [1.165, 1.54) is 0 Å². The SMILES string of the molecule is CCOC(=O)C1CCN(N(CC)CC)C(=C=O)C1. The van der Waals surface area contributed by atoms with Crippen LogP contribution in [0.25, 0.3) is 0 Å². The minimum Gasteiger partial charge on any atom is -0.466 e. The van der Waals surface area contributed by atoms with E-state index in [4.69, 9.17) is 4.74 Å². The Hall–Kier alpha value is -1.32. The first-order valence-electron chi connectivity index (χ1n) is 6.60. The highest BCUT2D eigenvalue weighted by molar-refractivity contribution is 5.73. The molecule has 1 heterocycles. The van der Waals surface area contributed by atoms with Crippen LogP contribution in [0.1, 0.15) is 33.6 Å². The number of ether oxygens (including phenoxy) is 1. The van der Waals surface area contributed by atoms with Crippen LogP contribution in [0.2, 0.25) is 0 Å². The van der Waals surface area contributed by atoms with E-state index in [2.05, 4.69) is 5.01 Å². The number of hydrogen-bond donors (Lipinski definition) is 0. The summed E-state index contributed by atoms with van der Waals surface area (Å²) < 4.78 is 5.01. The van der Waals surface area contributed by atoms with Crippen molar-refractivity contribution in [1.82, 2.24) is 10.0 Å². The second kappa shape index (κ2) is 7.19. The molecule has 1 aliphatic rings. The molecule has 0 aliphatic carbocycles. The second-order valence-electron chi connectivity index (χ2n) is 4.25. The van der Waals surface area contributed by atoms with Gasteiger partial charge in [0.25, 0.3) is 0 Å². The molecule has 0 bridgehead atoms. The van der Waals surface area contributed by atoms with E-state index < -0.39 is 0 Å². The number of carbonyl (C=O) groups excluding carboxylic acids is 2. The zero-order valence-electron chi connectivity index (χ0n) is 11.4. The maximum Gasteiger partial charge on any atom is 0.309 e. The largest absolute Gasteiger partial charge is 0.466 e. The van der Waals surface area contributed by atoms with E-state index >= 15 is 0 Å². The summed E-state index contributed by atoms with van der Waals surface area (Å²) in [5.74, 6) is 1.57. The van der Waals surface area contributed by atoms with Gasteiger partial charge in [0.15, 0.2) is 0 Å². The predicted octanol–water partition coefficient (Wildman–Crippen LogP) is 1.23. The fourth-order valence-electron chi connectivity index (χ4n) is 2.29. The first-order chi connectivity index (χ1) is 8.67. The molecule has 5 nitrogen and oxygen atoms in total. The summed E-state index contributed by atoms with van der Waals surface area (Å²) in [5.41, 5.74) is 0.558. The van der Waals surface area contributed by atoms with Crippen LogP contribution in [0.15, 0.2) is 5.70 Å². The number of nitrogens with zero attached hydrogens (tertiary/aromatic N) is 2. The third-order valence-corrected chi connectivity index (χ3v) is 3.25. The number of hydrazine groups is 1. The molecule has 5 heteroatoms. The van der Waals surface area contributed by atoms with Crippen LogP contribution >= 0.6 is 0 Å². The Kier molecular flexibility index (Phi) is 5.89. The second-order valence-corrected chi connectivity index (χ2v) is 4.25. The molecule has 0 amide bonds. The highest BCUT2D eigenvalue weighted by Gasteiger charge is 2.31. The maximum atomic E-state index is 11.7. The average molecular weight is 254 g/mol. The fourth-order valence-corrected chi connectivity index (χ4v) is 2.29. The van der Waals surface area contributed by atoms with Crippen molar-refractivity contribution in [3.05, 3.63) is 5.70 Å². The lowest BCUT2D eigenvalue weighted by atomic mass is 9.95. The van der Waals surface area contributed by atoms with Gasteiger partial charge in [-0.3, -0.25) is 9.80 Å². The molecule has 1 fully saturated rings. The lowest BCUT2D eigenvalue weighted by Gasteiger charge is -2.39. The summed E-state index contributed by atoms with van der Waals surface area (Å²) >= 11 is 0. The van der Waals surface area contributed by atoms with E-state index in [1.54, 1.807) is 6.92 Å². The molecule has 0 N–H and O–H groups in total. The number of allylic oxidation sites excluding steroid dienone is 1. The van der Waals surface area contributed by atoms with Crippen molar-refractivity contribution in [2.45, 2.75) is 33.6 Å². The van der Waals surface area contributed by atoms with Crippen LogP contribution in [0.5, 0.6) is 0 Å². The molecule has 18 heavy (non-hydrogen) atoms. The van der Waals surface area contributed by atoms with Gasteiger partial charge in [-0.1, -0.05) is 13.8 Å². The van der Waals surface area contributed by atoms with Gasteiger partial charge >= 0.3 is 5.97 Å². The minimum absolute atomic E-state index is 0.201. The molecular weight excluding hydrogens is 232 g/mol. The molecule has 1 aliphatic heterocycles. The van der Waals surface area contributed by atoms with Crippen molar-refractivity contribution in [2.24, 2.45) is 5.92 Å². The molecular formula is C13H22N2O3. The Labute approximate surface area is 108 Å². The van der Waals surface area contributed by atoms with Crippen LogP contribution in [0, 0.1) is 5.92 Å². The third-order valence-electron chi connectivity index (χ3n) is 3.25. The number of esters is 1. The minimum atomic E-state index is -0.204. The molecule has 0 aromatic heterocycles. The van der Waals surface area contributed by atoms with Crippen molar-refractivity contribution in [2.75, 3.05) is 26.2 Å². The van der Waals surface area contributed by atoms with Crippen LogP contribution in [0.4, 0.5) is 0 Å². The molecule has 1 atom stereocenters. The monoisotopic (exact) mass is 254 g/mol. The van der Waals surface area contributed by atoms with Crippen molar-refractivity contribution < 1.29 is 14.3 Å². The van der Waals surface area contributed by atoms with E-state index in [9.17, 15) is 9.59 Å². The van der Waals surface area contributed by atoms with E-state index in [0.29, 0.717) is 25.3 Å². The molecule has 1 saturated heterocycles. The topological polar surface area (TPSA) is 49.9 Å². The summed E-state index contributed by atoms with van der Waals surface area (Å²) in [4.78, 5) is 22.7. The van der Waals surface area contributed by atoms with Gasteiger partial charge in [-0.25, -0.2) is 9.80 Å². The molecule has 0 spiro atoms. The van der Waals surface area contributed by atoms with Crippen molar-refractivity contribution in [3.63, 3.8) is 0 Å². The third kappa shape index (κ3) is 3.34. The molecule has 0 aromatic carbocycles. The Bertz CT molecular complexity index is 333. The lowest BCUT2D eigenvalue weighted by molar-refractivity contribution is -0.150. The summed E-state index contributed by atoms with van der Waals surface area (Å²) in [6.07, 6.45) is 1.15. The molecule has 1 unspecified atom stereocenters. The van der Waals surface area contributed by atoms with Crippen molar-refractivity contribution >= 4 is 11.9 Å². The zero-order valence-corrected chi connectivity index (χ0v) is 11.4. The summed E-state index contributed by atoms with van der Waals surface area (Å²) in [5, 5.41) is 4.03. The number of piperidine rings is 1. The first kappa shape index (κ1) is 14.7. The quantitative estimate of drug-likeness (QED) is 0.545. The Balaban J connectivity index is 2.71. The Morgan fingerprint density at radius 2 is 2.11 bits per heavy atom. The van der Waals surface area contributed by atoms with Gasteiger partial charge in [0, 0.05) is 26.1 Å². The van der Waals surface area contributed by atoms with Gasteiger partial charge in [0.05, 0.1) is 12.5 Å². The lowest BCUT2D eigenvalue weighted by Crippen LogP contribution is -2.46. The van der Waals surface area contributed by atoms with Gasteiger partial charge in [0.1, 0.15) is 11.6 Å². The average Bonchev–Trinajstić information content (AvgIpc) is 2.40. The number of hydrogen-bond acceptors (Lipinski definition) is 5. The molecule has 102 valence electrons. The normalized spacial score (nSPS) is 19.9. The van der Waals surface area contributed by atoms with Gasteiger partial charge in [-0.15, -0.1) is 0 Å². The van der Waals surface area contributed by atoms with Gasteiger partial charge in [-0.2, -0.15) is 0 Å². The predicted molar refractivity (Wildman–Crippen MR) is 68.2 cm³/mol. The molecule has 0 radical (unpaired) electrons. The Morgan fingerprint density at radius 1 is 1.44 bits per heavy atom. The number of rotatable bonds is 5. The molecule has 1 rings (SSSR count). The van der Waals surface area contributed by atoms with Crippen molar-refractivity contribution in [3.8, 4) is 0 Å². The fraction of sp³-hybridized carbons (Fsp3) is 0.769. The summed E-state index contributed by atoms with van der Waals surface area (Å²) in [6, 6.07) is 0. The summed E-state index contributed by atoms with van der Waals surface area (Å²) in [7, 11) is 0. The zero-order chi connectivity index (χ0) is 13.5. The summed E-state index contributed by atoms with van der Waals surface area (Å²) in [6.45, 7) is 8.62. The van der Waals surface area contributed by atoms with Gasteiger partial charge < -0.3 is 4.74 Å². The first-order valence-corrected chi connectivity index (χ1v) is 6.60. The van der Waals surface area contributed by atoms with Crippen LogP contribution in [0.3, 0.4) is 0 Å².